The van der Waals surface area contributed by atoms with Gasteiger partial charge in [0, 0.05) is 19.1 Å². The van der Waals surface area contributed by atoms with Crippen LogP contribution in [0.1, 0.15) is 33.1 Å². The molecule has 0 amide bonds. The fourth-order valence-corrected chi connectivity index (χ4v) is 4.57. The number of piperidine rings is 1. The van der Waals surface area contributed by atoms with Crippen molar-refractivity contribution in [1.82, 2.24) is 5.32 Å². The van der Waals surface area contributed by atoms with Gasteiger partial charge in [-0.3, -0.25) is 0 Å². The van der Waals surface area contributed by atoms with Crippen LogP contribution in [0.2, 0.25) is 0 Å². The third-order valence-electron chi connectivity index (χ3n) is 3.93. The lowest BCUT2D eigenvalue weighted by molar-refractivity contribution is 0.430. The van der Waals surface area contributed by atoms with E-state index in [0.29, 0.717) is 17.4 Å². The molecule has 1 aromatic carbocycles. The Labute approximate surface area is 128 Å². The quantitative estimate of drug-likeness (QED) is 0.877. The van der Waals surface area contributed by atoms with Gasteiger partial charge >= 0.3 is 0 Å². The number of para-hydroxylation sites is 1. The number of hydrogen-bond donors (Lipinski definition) is 1. The van der Waals surface area contributed by atoms with E-state index in [-0.39, 0.29) is 5.75 Å². The van der Waals surface area contributed by atoms with Crippen molar-refractivity contribution in [2.45, 2.75) is 44.0 Å². The standard InChI is InChI=1S/C16H26N2O2S/c1-3-12-21(19,20)16-10-6-5-9-15(16)18-11-7-8-14(13-18)17-4-2/h5-6,9-10,14,17H,3-4,7-8,11-13H2,1-2H3. The zero-order valence-electron chi connectivity index (χ0n) is 13.0. The zero-order chi connectivity index (χ0) is 15.3. The summed E-state index contributed by atoms with van der Waals surface area (Å²) < 4.78 is 24.9. The third kappa shape index (κ3) is 3.98. The van der Waals surface area contributed by atoms with Crippen molar-refractivity contribution < 1.29 is 8.42 Å². The molecule has 1 heterocycles. The van der Waals surface area contributed by atoms with Crippen LogP contribution in [0, 0.1) is 0 Å². The van der Waals surface area contributed by atoms with Crippen molar-refractivity contribution in [1.29, 1.82) is 0 Å². The van der Waals surface area contributed by atoms with Gasteiger partial charge in [-0.25, -0.2) is 8.42 Å². The summed E-state index contributed by atoms with van der Waals surface area (Å²) in [6.07, 6.45) is 2.91. The van der Waals surface area contributed by atoms with Crippen LogP contribution in [0.15, 0.2) is 29.2 Å². The molecule has 0 aliphatic carbocycles. The lowest BCUT2D eigenvalue weighted by Crippen LogP contribution is -2.46. The summed E-state index contributed by atoms with van der Waals surface area (Å²) in [7, 11) is -3.18. The molecule has 4 nitrogen and oxygen atoms in total. The van der Waals surface area contributed by atoms with E-state index in [4.69, 9.17) is 0 Å². The molecular formula is C16H26N2O2S. The van der Waals surface area contributed by atoms with Crippen LogP contribution in [-0.2, 0) is 9.84 Å². The van der Waals surface area contributed by atoms with Crippen LogP contribution in [0.5, 0.6) is 0 Å². The molecular weight excluding hydrogens is 284 g/mol. The van der Waals surface area contributed by atoms with E-state index in [1.54, 1.807) is 6.07 Å². The number of benzene rings is 1. The lowest BCUT2D eigenvalue weighted by atomic mass is 10.0. The molecule has 1 aliphatic heterocycles. The molecule has 0 radical (unpaired) electrons. The number of likely N-dealkylation sites (N-methyl/N-ethyl adjacent to an activating group) is 1. The highest BCUT2D eigenvalue weighted by molar-refractivity contribution is 7.91. The van der Waals surface area contributed by atoms with Crippen molar-refractivity contribution in [2.24, 2.45) is 0 Å². The number of anilines is 1. The summed E-state index contributed by atoms with van der Waals surface area (Å²) >= 11 is 0. The first-order valence-corrected chi connectivity index (χ1v) is 9.53. The lowest BCUT2D eigenvalue weighted by Gasteiger charge is -2.35. The molecule has 0 aromatic heterocycles. The highest BCUT2D eigenvalue weighted by Crippen LogP contribution is 2.28. The van der Waals surface area contributed by atoms with Crippen LogP contribution in [0.3, 0.4) is 0 Å². The van der Waals surface area contributed by atoms with E-state index < -0.39 is 9.84 Å². The minimum absolute atomic E-state index is 0.217. The molecule has 2 rings (SSSR count). The molecule has 1 N–H and O–H groups in total. The molecule has 0 saturated carbocycles. The third-order valence-corrected chi connectivity index (χ3v) is 5.89. The average Bonchev–Trinajstić information content (AvgIpc) is 2.48. The van der Waals surface area contributed by atoms with E-state index in [1.165, 1.54) is 0 Å². The predicted octanol–water partition coefficient (Wildman–Crippen LogP) is 2.45. The van der Waals surface area contributed by atoms with Crippen molar-refractivity contribution in [3.8, 4) is 0 Å². The minimum atomic E-state index is -3.18. The molecule has 1 fully saturated rings. The highest BCUT2D eigenvalue weighted by Gasteiger charge is 2.25. The second-order valence-electron chi connectivity index (χ2n) is 5.63. The Morgan fingerprint density at radius 3 is 2.76 bits per heavy atom. The maximum absolute atomic E-state index is 12.5. The molecule has 1 atom stereocenters. The van der Waals surface area contributed by atoms with E-state index >= 15 is 0 Å². The Balaban J connectivity index is 2.27. The normalized spacial score (nSPS) is 19.7. The van der Waals surface area contributed by atoms with Crippen LogP contribution in [-0.4, -0.2) is 39.8 Å². The van der Waals surface area contributed by atoms with Gasteiger partial charge in [0.2, 0.25) is 0 Å². The number of sulfone groups is 1. The largest absolute Gasteiger partial charge is 0.369 e. The second kappa shape index (κ2) is 7.27. The molecule has 1 aliphatic rings. The predicted molar refractivity (Wildman–Crippen MR) is 87.7 cm³/mol. The van der Waals surface area contributed by atoms with Crippen molar-refractivity contribution in [2.75, 3.05) is 30.3 Å². The molecule has 1 saturated heterocycles. The second-order valence-corrected chi connectivity index (χ2v) is 7.71. The molecule has 0 spiro atoms. The summed E-state index contributed by atoms with van der Waals surface area (Å²) in [6.45, 7) is 6.78. The van der Waals surface area contributed by atoms with Crippen LogP contribution in [0.25, 0.3) is 0 Å². The Morgan fingerprint density at radius 1 is 1.29 bits per heavy atom. The summed E-state index contributed by atoms with van der Waals surface area (Å²) in [5.41, 5.74) is 0.869. The summed E-state index contributed by atoms with van der Waals surface area (Å²) in [6, 6.07) is 7.88. The average molecular weight is 310 g/mol. The van der Waals surface area contributed by atoms with Crippen molar-refractivity contribution in [3.05, 3.63) is 24.3 Å². The van der Waals surface area contributed by atoms with Crippen LogP contribution < -0.4 is 10.2 Å². The summed E-state index contributed by atoms with van der Waals surface area (Å²) in [5, 5.41) is 3.48. The van der Waals surface area contributed by atoms with E-state index in [2.05, 4.69) is 17.1 Å². The van der Waals surface area contributed by atoms with Gasteiger partial charge < -0.3 is 10.2 Å². The van der Waals surface area contributed by atoms with Crippen LogP contribution in [0.4, 0.5) is 5.69 Å². The molecule has 0 bridgehead atoms. The van der Waals surface area contributed by atoms with Gasteiger partial charge in [-0.15, -0.1) is 0 Å². The molecule has 5 heteroatoms. The Hall–Kier alpha value is -1.07. The van der Waals surface area contributed by atoms with Crippen LogP contribution >= 0.6 is 0 Å². The topological polar surface area (TPSA) is 49.4 Å². The van der Waals surface area contributed by atoms with Crippen molar-refractivity contribution in [3.63, 3.8) is 0 Å². The Bertz CT molecular complexity index is 555. The number of rotatable bonds is 6. The monoisotopic (exact) mass is 310 g/mol. The Kier molecular flexibility index (Phi) is 5.65. The highest BCUT2D eigenvalue weighted by atomic mass is 32.2. The first kappa shape index (κ1) is 16.3. The molecule has 1 unspecified atom stereocenters. The van der Waals surface area contributed by atoms with Gasteiger partial charge in [-0.1, -0.05) is 26.0 Å². The Morgan fingerprint density at radius 2 is 2.05 bits per heavy atom. The minimum Gasteiger partial charge on any atom is -0.369 e. The van der Waals surface area contributed by atoms with Gasteiger partial charge in [0.15, 0.2) is 9.84 Å². The molecule has 21 heavy (non-hydrogen) atoms. The van der Waals surface area contributed by atoms with Gasteiger partial charge in [0.25, 0.3) is 0 Å². The zero-order valence-corrected chi connectivity index (χ0v) is 13.8. The van der Waals surface area contributed by atoms with E-state index in [9.17, 15) is 8.42 Å². The van der Waals surface area contributed by atoms with E-state index in [0.717, 1.165) is 38.2 Å². The first-order chi connectivity index (χ1) is 10.1. The fraction of sp³-hybridized carbons (Fsp3) is 0.625. The molecule has 118 valence electrons. The maximum Gasteiger partial charge on any atom is 0.180 e. The number of nitrogens with zero attached hydrogens (tertiary/aromatic N) is 1. The maximum atomic E-state index is 12.5. The van der Waals surface area contributed by atoms with Crippen molar-refractivity contribution >= 4 is 15.5 Å². The first-order valence-electron chi connectivity index (χ1n) is 7.88. The SMILES string of the molecule is CCCS(=O)(=O)c1ccccc1N1CCCC(NCC)C1. The smallest absolute Gasteiger partial charge is 0.180 e. The van der Waals surface area contributed by atoms with E-state index in [1.807, 2.05) is 25.1 Å². The summed E-state index contributed by atoms with van der Waals surface area (Å²) in [5.74, 6) is 0.217. The number of nitrogens with one attached hydrogen (secondary N) is 1. The van der Waals surface area contributed by atoms with Gasteiger partial charge in [-0.05, 0) is 37.9 Å². The summed E-state index contributed by atoms with van der Waals surface area (Å²) in [4.78, 5) is 2.71. The number of hydrogen-bond acceptors (Lipinski definition) is 4. The van der Waals surface area contributed by atoms with Gasteiger partial charge in [-0.2, -0.15) is 0 Å². The fourth-order valence-electron chi connectivity index (χ4n) is 3.01. The van der Waals surface area contributed by atoms with Gasteiger partial charge in [0.1, 0.15) is 0 Å². The van der Waals surface area contributed by atoms with Gasteiger partial charge in [0.05, 0.1) is 16.3 Å². The molecule has 1 aromatic rings.